The minimum Gasteiger partial charge on any atom is -0.321 e. The topological polar surface area (TPSA) is 89.8 Å². The summed E-state index contributed by atoms with van der Waals surface area (Å²) in [5.41, 5.74) is 2.22. The molecule has 1 amide bonds. The molecule has 7 nitrogen and oxygen atoms in total. The third kappa shape index (κ3) is 4.27. The van der Waals surface area contributed by atoms with Gasteiger partial charge >= 0.3 is 0 Å². The molecule has 8 heteroatoms. The number of thiazole rings is 1. The van der Waals surface area contributed by atoms with Crippen LogP contribution in [0, 0.1) is 6.92 Å². The van der Waals surface area contributed by atoms with E-state index in [0.29, 0.717) is 33.6 Å². The maximum atomic E-state index is 12.7. The zero-order chi connectivity index (χ0) is 20.2. The lowest BCUT2D eigenvalue weighted by atomic mass is 10.2. The van der Waals surface area contributed by atoms with Crippen molar-refractivity contribution in [3.63, 3.8) is 0 Å². The summed E-state index contributed by atoms with van der Waals surface area (Å²) in [6, 6.07) is 14.2. The van der Waals surface area contributed by atoms with Crippen LogP contribution in [0.15, 0.2) is 71.9 Å². The highest BCUT2D eigenvalue weighted by atomic mass is 32.1. The number of aryl methyl sites for hydroxylation is 1. The molecule has 0 fully saturated rings. The molecule has 144 valence electrons. The number of rotatable bonds is 5. The van der Waals surface area contributed by atoms with Crippen LogP contribution < -0.4 is 10.9 Å². The quantitative estimate of drug-likeness (QED) is 0.552. The molecule has 29 heavy (non-hydrogen) atoms. The van der Waals surface area contributed by atoms with Crippen LogP contribution in [0.25, 0.3) is 10.8 Å². The molecule has 1 N–H and O–H groups in total. The summed E-state index contributed by atoms with van der Waals surface area (Å²) in [5, 5.41) is 3.50. The molecule has 0 spiro atoms. The van der Waals surface area contributed by atoms with Gasteiger partial charge in [-0.25, -0.2) is 15.0 Å². The van der Waals surface area contributed by atoms with Gasteiger partial charge in [-0.3, -0.25) is 9.59 Å². The highest BCUT2D eigenvalue weighted by Crippen LogP contribution is 2.26. The Morgan fingerprint density at radius 1 is 1.07 bits per heavy atom. The van der Waals surface area contributed by atoms with Crippen LogP contribution in [0.3, 0.4) is 0 Å². The van der Waals surface area contributed by atoms with E-state index in [4.69, 9.17) is 0 Å². The van der Waals surface area contributed by atoms with E-state index in [2.05, 4.69) is 20.3 Å². The molecule has 0 aliphatic heterocycles. The van der Waals surface area contributed by atoms with Crippen LogP contribution in [-0.4, -0.2) is 25.4 Å². The summed E-state index contributed by atoms with van der Waals surface area (Å²) in [7, 11) is 0. The number of hydrogen-bond donors (Lipinski definition) is 1. The minimum atomic E-state index is -0.228. The van der Waals surface area contributed by atoms with Crippen LogP contribution in [-0.2, 0) is 6.54 Å². The summed E-state index contributed by atoms with van der Waals surface area (Å²) in [6.07, 6.45) is 5.03. The van der Waals surface area contributed by atoms with Crippen molar-refractivity contribution in [2.45, 2.75) is 13.5 Å². The second-order valence-corrected chi connectivity index (χ2v) is 7.32. The molecule has 0 atom stereocenters. The van der Waals surface area contributed by atoms with Crippen molar-refractivity contribution >= 4 is 22.9 Å². The van der Waals surface area contributed by atoms with Gasteiger partial charge < -0.3 is 9.88 Å². The minimum absolute atomic E-state index is 0.0521. The number of pyridine rings is 1. The summed E-state index contributed by atoms with van der Waals surface area (Å²) in [4.78, 5) is 37.8. The first-order valence-electron chi connectivity index (χ1n) is 8.91. The Morgan fingerprint density at radius 2 is 1.83 bits per heavy atom. The van der Waals surface area contributed by atoms with Gasteiger partial charge in [0.1, 0.15) is 4.88 Å². The van der Waals surface area contributed by atoms with Crippen molar-refractivity contribution in [1.82, 2.24) is 19.5 Å². The Bertz CT molecular complexity index is 1200. The third-order valence-electron chi connectivity index (χ3n) is 4.22. The third-order valence-corrected chi connectivity index (χ3v) is 5.38. The molecule has 3 aromatic heterocycles. The summed E-state index contributed by atoms with van der Waals surface area (Å²) in [5.74, 6) is 0.273. The van der Waals surface area contributed by atoms with Gasteiger partial charge in [0.15, 0.2) is 10.8 Å². The maximum Gasteiger partial charge on any atom is 0.267 e. The Labute approximate surface area is 170 Å². The second kappa shape index (κ2) is 8.15. The first-order chi connectivity index (χ1) is 14.1. The van der Waals surface area contributed by atoms with Gasteiger partial charge in [0.2, 0.25) is 0 Å². The van der Waals surface area contributed by atoms with Crippen molar-refractivity contribution in [1.29, 1.82) is 0 Å². The SMILES string of the molecule is Cc1nc(-c2ncccn2)sc1C(=O)Nc1ccc(Cn2ccccc2=O)cc1. The first kappa shape index (κ1) is 18.7. The van der Waals surface area contributed by atoms with Gasteiger partial charge in [-0.15, -0.1) is 11.3 Å². The van der Waals surface area contributed by atoms with Gasteiger partial charge in [-0.1, -0.05) is 18.2 Å². The van der Waals surface area contributed by atoms with Crippen LogP contribution in [0.1, 0.15) is 20.9 Å². The molecule has 0 saturated carbocycles. The Kier molecular flexibility index (Phi) is 5.26. The number of anilines is 1. The molecule has 4 aromatic rings. The molecule has 1 aromatic carbocycles. The standard InChI is InChI=1S/C21H17N5O2S/c1-14-18(29-21(24-14)19-22-10-4-11-23-19)20(28)25-16-8-6-15(7-9-16)13-26-12-3-2-5-17(26)27/h2-12H,13H2,1H3,(H,25,28). The Hall–Kier alpha value is -3.65. The lowest BCUT2D eigenvalue weighted by Gasteiger charge is -2.07. The smallest absolute Gasteiger partial charge is 0.267 e. The van der Waals surface area contributed by atoms with Crippen molar-refractivity contribution in [2.75, 3.05) is 5.32 Å². The molecular formula is C21H17N5O2S. The number of amides is 1. The fourth-order valence-electron chi connectivity index (χ4n) is 2.78. The molecule has 0 radical (unpaired) electrons. The molecule has 0 aliphatic rings. The number of carbonyl (C=O) groups excluding carboxylic acids is 1. The van der Waals surface area contributed by atoms with Crippen LogP contribution >= 0.6 is 11.3 Å². The molecule has 3 heterocycles. The zero-order valence-electron chi connectivity index (χ0n) is 15.6. The largest absolute Gasteiger partial charge is 0.321 e. The van der Waals surface area contributed by atoms with E-state index in [1.807, 2.05) is 30.3 Å². The number of aromatic nitrogens is 4. The average molecular weight is 403 g/mol. The lowest BCUT2D eigenvalue weighted by molar-refractivity contribution is 0.103. The maximum absolute atomic E-state index is 12.7. The Morgan fingerprint density at radius 3 is 2.55 bits per heavy atom. The van der Waals surface area contributed by atoms with Crippen LogP contribution in [0.5, 0.6) is 0 Å². The number of nitrogens with zero attached hydrogens (tertiary/aromatic N) is 4. The van der Waals surface area contributed by atoms with E-state index in [0.717, 1.165) is 5.56 Å². The summed E-state index contributed by atoms with van der Waals surface area (Å²) < 4.78 is 1.63. The van der Waals surface area contributed by atoms with E-state index in [1.165, 1.54) is 17.4 Å². The van der Waals surface area contributed by atoms with Gasteiger partial charge in [0.05, 0.1) is 12.2 Å². The Balaban J connectivity index is 1.47. The average Bonchev–Trinajstić information content (AvgIpc) is 3.14. The van der Waals surface area contributed by atoms with Crippen LogP contribution in [0.4, 0.5) is 5.69 Å². The fraction of sp³-hybridized carbons (Fsp3) is 0.0952. The zero-order valence-corrected chi connectivity index (χ0v) is 16.4. The van der Waals surface area contributed by atoms with E-state index in [9.17, 15) is 9.59 Å². The molecule has 0 aliphatic carbocycles. The van der Waals surface area contributed by atoms with Gasteiger partial charge in [0.25, 0.3) is 11.5 Å². The number of nitrogens with one attached hydrogen (secondary N) is 1. The summed E-state index contributed by atoms with van der Waals surface area (Å²) in [6.45, 7) is 2.26. The molecule has 0 bridgehead atoms. The highest BCUT2D eigenvalue weighted by molar-refractivity contribution is 7.17. The number of carbonyl (C=O) groups is 1. The van der Waals surface area contributed by atoms with Crippen molar-refractivity contribution < 1.29 is 4.79 Å². The predicted octanol–water partition coefficient (Wildman–Crippen LogP) is 3.37. The number of benzene rings is 1. The van der Waals surface area contributed by atoms with E-state index in [1.54, 1.807) is 42.2 Å². The van der Waals surface area contributed by atoms with Crippen molar-refractivity contribution in [2.24, 2.45) is 0 Å². The van der Waals surface area contributed by atoms with E-state index < -0.39 is 0 Å². The van der Waals surface area contributed by atoms with Crippen LogP contribution in [0.2, 0.25) is 0 Å². The van der Waals surface area contributed by atoms with E-state index >= 15 is 0 Å². The first-order valence-corrected chi connectivity index (χ1v) is 9.72. The monoisotopic (exact) mass is 403 g/mol. The van der Waals surface area contributed by atoms with Crippen molar-refractivity contribution in [3.8, 4) is 10.8 Å². The molecule has 4 rings (SSSR count). The van der Waals surface area contributed by atoms with Crippen molar-refractivity contribution in [3.05, 3.63) is 93.6 Å². The van der Waals surface area contributed by atoms with E-state index in [-0.39, 0.29) is 11.5 Å². The van der Waals surface area contributed by atoms with Gasteiger partial charge in [0, 0.05) is 30.3 Å². The second-order valence-electron chi connectivity index (χ2n) is 6.32. The molecule has 0 unspecified atom stereocenters. The molecule has 0 saturated heterocycles. The lowest BCUT2D eigenvalue weighted by Crippen LogP contribution is -2.18. The normalized spacial score (nSPS) is 10.7. The summed E-state index contributed by atoms with van der Waals surface area (Å²) >= 11 is 1.26. The predicted molar refractivity (Wildman–Crippen MR) is 112 cm³/mol. The van der Waals surface area contributed by atoms with Gasteiger partial charge in [-0.05, 0) is 36.8 Å². The number of hydrogen-bond acceptors (Lipinski definition) is 6. The fourth-order valence-corrected chi connectivity index (χ4v) is 3.69. The van der Waals surface area contributed by atoms with Gasteiger partial charge in [-0.2, -0.15) is 0 Å². The molecular weight excluding hydrogens is 386 g/mol. The highest BCUT2D eigenvalue weighted by Gasteiger charge is 2.17.